The zero-order chi connectivity index (χ0) is 24.2. The van der Waals surface area contributed by atoms with Gasteiger partial charge in [-0.25, -0.2) is 18.0 Å². The molecule has 0 saturated carbocycles. The SMILES string of the molecule is COC(=O)c1ccc(C(=O)OC)c(NC(=O)C2CCCN(S(=O)(=O)c3ccc(Cl)cc3)C2)c1. The first kappa shape index (κ1) is 24.7. The number of nitrogens with zero attached hydrogens (tertiary/aromatic N) is 1. The number of halogens is 1. The van der Waals surface area contributed by atoms with E-state index in [1.54, 1.807) is 0 Å². The highest BCUT2D eigenvalue weighted by molar-refractivity contribution is 7.89. The summed E-state index contributed by atoms with van der Waals surface area (Å²) >= 11 is 5.85. The van der Waals surface area contributed by atoms with Gasteiger partial charge in [-0.2, -0.15) is 4.31 Å². The second kappa shape index (κ2) is 10.3. The van der Waals surface area contributed by atoms with Crippen LogP contribution in [0.4, 0.5) is 5.69 Å². The van der Waals surface area contributed by atoms with Gasteiger partial charge in [0.1, 0.15) is 0 Å². The number of carbonyl (C=O) groups is 3. The molecule has 1 aliphatic rings. The van der Waals surface area contributed by atoms with Gasteiger partial charge in [0, 0.05) is 18.1 Å². The summed E-state index contributed by atoms with van der Waals surface area (Å²) in [6.07, 6.45) is 0.944. The van der Waals surface area contributed by atoms with Crippen LogP contribution < -0.4 is 5.32 Å². The number of nitrogens with one attached hydrogen (secondary N) is 1. The highest BCUT2D eigenvalue weighted by Crippen LogP contribution is 2.27. The molecule has 0 spiro atoms. The van der Waals surface area contributed by atoms with Crippen molar-refractivity contribution >= 4 is 45.2 Å². The molecule has 2 aromatic rings. The first-order valence-corrected chi connectivity index (χ1v) is 11.9. The summed E-state index contributed by atoms with van der Waals surface area (Å²) in [6.45, 7) is 0.251. The summed E-state index contributed by atoms with van der Waals surface area (Å²) in [5.74, 6) is -2.47. The average molecular weight is 495 g/mol. The van der Waals surface area contributed by atoms with Crippen LogP contribution in [-0.2, 0) is 24.3 Å². The summed E-state index contributed by atoms with van der Waals surface area (Å²) in [6, 6.07) is 9.88. The molecule has 0 aliphatic carbocycles. The normalized spacial score (nSPS) is 16.6. The standard InChI is InChI=1S/C22H23ClN2O7S/c1-31-21(27)14-5-10-18(22(28)32-2)19(12-14)24-20(26)15-4-3-11-25(13-15)33(29,30)17-8-6-16(23)7-9-17/h5-10,12,15H,3-4,11,13H2,1-2H3,(H,24,26). The molecule has 11 heteroatoms. The number of anilines is 1. The van der Waals surface area contributed by atoms with Crippen LogP contribution >= 0.6 is 11.6 Å². The molecule has 1 atom stereocenters. The monoisotopic (exact) mass is 494 g/mol. The van der Waals surface area contributed by atoms with Crippen molar-refractivity contribution in [2.45, 2.75) is 17.7 Å². The van der Waals surface area contributed by atoms with Crippen molar-refractivity contribution < 1.29 is 32.3 Å². The minimum atomic E-state index is -3.81. The molecule has 0 bridgehead atoms. The van der Waals surface area contributed by atoms with Gasteiger partial charge in [-0.1, -0.05) is 11.6 Å². The van der Waals surface area contributed by atoms with E-state index in [4.69, 9.17) is 21.1 Å². The molecule has 0 aromatic heterocycles. The number of rotatable bonds is 6. The van der Waals surface area contributed by atoms with E-state index in [0.717, 1.165) is 0 Å². The maximum atomic E-state index is 13.0. The third-order valence-corrected chi connectivity index (χ3v) is 7.44. The van der Waals surface area contributed by atoms with Crippen LogP contribution in [0.3, 0.4) is 0 Å². The van der Waals surface area contributed by atoms with E-state index in [9.17, 15) is 22.8 Å². The number of sulfonamides is 1. The Bertz CT molecular complexity index is 1170. The molecule has 1 fully saturated rings. The van der Waals surface area contributed by atoms with Crippen LogP contribution in [0.2, 0.25) is 5.02 Å². The Kier molecular flexibility index (Phi) is 7.72. The van der Waals surface area contributed by atoms with E-state index < -0.39 is 33.8 Å². The Morgan fingerprint density at radius 3 is 2.33 bits per heavy atom. The fourth-order valence-corrected chi connectivity index (χ4v) is 5.20. The predicted molar refractivity (Wildman–Crippen MR) is 121 cm³/mol. The van der Waals surface area contributed by atoms with Crippen molar-refractivity contribution in [3.05, 3.63) is 58.6 Å². The number of ether oxygens (including phenoxy) is 2. The zero-order valence-corrected chi connectivity index (χ0v) is 19.6. The molecule has 3 rings (SSSR count). The molecule has 1 N–H and O–H groups in total. The van der Waals surface area contributed by atoms with Gasteiger partial charge in [-0.05, 0) is 55.3 Å². The highest BCUT2D eigenvalue weighted by atomic mass is 35.5. The third kappa shape index (κ3) is 5.52. The second-order valence-electron chi connectivity index (χ2n) is 7.39. The summed E-state index contributed by atoms with van der Waals surface area (Å²) in [4.78, 5) is 37.1. The van der Waals surface area contributed by atoms with Gasteiger partial charge in [-0.3, -0.25) is 4.79 Å². The van der Waals surface area contributed by atoms with Crippen LogP contribution in [-0.4, -0.2) is 57.9 Å². The van der Waals surface area contributed by atoms with Crippen LogP contribution in [0.1, 0.15) is 33.6 Å². The molecule has 0 radical (unpaired) electrons. The molecular formula is C22H23ClN2O7S. The Labute approximate surface area is 196 Å². The van der Waals surface area contributed by atoms with Gasteiger partial charge < -0.3 is 14.8 Å². The fraction of sp³-hybridized carbons (Fsp3) is 0.318. The lowest BCUT2D eigenvalue weighted by Gasteiger charge is -2.31. The molecule has 33 heavy (non-hydrogen) atoms. The van der Waals surface area contributed by atoms with Crippen molar-refractivity contribution in [3.63, 3.8) is 0 Å². The molecular weight excluding hydrogens is 472 g/mol. The van der Waals surface area contributed by atoms with Crippen molar-refractivity contribution in [2.75, 3.05) is 32.6 Å². The predicted octanol–water partition coefficient (Wildman–Crippen LogP) is 2.95. The minimum Gasteiger partial charge on any atom is -0.465 e. The number of methoxy groups -OCH3 is 2. The summed E-state index contributed by atoms with van der Waals surface area (Å²) in [7, 11) is -1.39. The van der Waals surface area contributed by atoms with E-state index in [0.29, 0.717) is 17.9 Å². The lowest BCUT2D eigenvalue weighted by atomic mass is 9.98. The quantitative estimate of drug-likeness (QED) is 0.613. The Morgan fingerprint density at radius 2 is 1.70 bits per heavy atom. The lowest BCUT2D eigenvalue weighted by molar-refractivity contribution is -0.120. The smallest absolute Gasteiger partial charge is 0.339 e. The Morgan fingerprint density at radius 1 is 1.03 bits per heavy atom. The fourth-order valence-electron chi connectivity index (χ4n) is 3.55. The van der Waals surface area contributed by atoms with E-state index >= 15 is 0 Å². The van der Waals surface area contributed by atoms with Crippen molar-refractivity contribution in [1.29, 1.82) is 0 Å². The molecule has 1 heterocycles. The number of hydrogen-bond acceptors (Lipinski definition) is 7. The number of piperidine rings is 1. The molecule has 9 nitrogen and oxygen atoms in total. The van der Waals surface area contributed by atoms with Crippen LogP contribution in [0, 0.1) is 5.92 Å². The van der Waals surface area contributed by atoms with Crippen LogP contribution in [0.5, 0.6) is 0 Å². The molecule has 1 amide bonds. The Hall–Kier alpha value is -2.95. The van der Waals surface area contributed by atoms with Gasteiger partial charge in [-0.15, -0.1) is 0 Å². The number of benzene rings is 2. The minimum absolute atomic E-state index is 0.0267. The van der Waals surface area contributed by atoms with Crippen molar-refractivity contribution in [3.8, 4) is 0 Å². The van der Waals surface area contributed by atoms with Gasteiger partial charge >= 0.3 is 11.9 Å². The molecule has 2 aromatic carbocycles. The first-order chi connectivity index (χ1) is 15.7. The lowest BCUT2D eigenvalue weighted by Crippen LogP contribution is -2.43. The largest absolute Gasteiger partial charge is 0.465 e. The van der Waals surface area contributed by atoms with E-state index in [2.05, 4.69) is 5.32 Å². The topological polar surface area (TPSA) is 119 Å². The number of hydrogen-bond donors (Lipinski definition) is 1. The van der Waals surface area contributed by atoms with Crippen LogP contribution in [0.15, 0.2) is 47.4 Å². The Balaban J connectivity index is 1.82. The van der Waals surface area contributed by atoms with Gasteiger partial charge in [0.15, 0.2) is 0 Å². The summed E-state index contributed by atoms with van der Waals surface area (Å²) in [5.41, 5.74) is 0.267. The van der Waals surface area contributed by atoms with Gasteiger partial charge in [0.25, 0.3) is 0 Å². The van der Waals surface area contributed by atoms with E-state index in [1.807, 2.05) is 0 Å². The number of esters is 2. The molecule has 1 saturated heterocycles. The summed E-state index contributed by atoms with van der Waals surface area (Å²) in [5, 5.41) is 3.06. The van der Waals surface area contributed by atoms with Crippen molar-refractivity contribution in [2.24, 2.45) is 5.92 Å². The average Bonchev–Trinajstić information content (AvgIpc) is 2.83. The van der Waals surface area contributed by atoms with Gasteiger partial charge in [0.2, 0.25) is 15.9 Å². The van der Waals surface area contributed by atoms with Crippen molar-refractivity contribution in [1.82, 2.24) is 4.31 Å². The first-order valence-electron chi connectivity index (χ1n) is 10.0. The van der Waals surface area contributed by atoms with E-state index in [-0.39, 0.29) is 34.8 Å². The second-order valence-corrected chi connectivity index (χ2v) is 9.76. The summed E-state index contributed by atoms with van der Waals surface area (Å²) < 4.78 is 36.7. The van der Waals surface area contributed by atoms with Gasteiger partial charge in [0.05, 0.1) is 41.8 Å². The van der Waals surface area contributed by atoms with E-state index in [1.165, 1.54) is 61.0 Å². The zero-order valence-electron chi connectivity index (χ0n) is 18.0. The maximum Gasteiger partial charge on any atom is 0.339 e. The maximum absolute atomic E-state index is 13.0. The molecule has 176 valence electrons. The molecule has 1 unspecified atom stereocenters. The number of amides is 1. The molecule has 1 aliphatic heterocycles. The highest BCUT2D eigenvalue weighted by Gasteiger charge is 2.33. The third-order valence-electron chi connectivity index (χ3n) is 5.31. The number of carbonyl (C=O) groups excluding carboxylic acids is 3. The van der Waals surface area contributed by atoms with Crippen LogP contribution in [0.25, 0.3) is 0 Å².